The van der Waals surface area contributed by atoms with Crippen LogP contribution in [0.1, 0.15) is 98.5 Å². The van der Waals surface area contributed by atoms with Crippen molar-refractivity contribution in [1.29, 1.82) is 0 Å². The number of hydrogen-bond donors (Lipinski definition) is 0. The van der Waals surface area contributed by atoms with Crippen molar-refractivity contribution in [1.82, 2.24) is 9.80 Å². The lowest BCUT2D eigenvalue weighted by Crippen LogP contribution is -2.37. The summed E-state index contributed by atoms with van der Waals surface area (Å²) in [7, 11) is 0. The zero-order valence-electron chi connectivity index (χ0n) is 26.7. The summed E-state index contributed by atoms with van der Waals surface area (Å²) in [6.07, 6.45) is 7.02. The molecule has 200 valence electrons. The van der Waals surface area contributed by atoms with Crippen LogP contribution in [0.5, 0.6) is 0 Å². The van der Waals surface area contributed by atoms with Gasteiger partial charge in [-0.1, -0.05) is 62.2 Å². The molecule has 0 aromatic rings. The Morgan fingerprint density at radius 3 is 1.42 bits per heavy atom. The predicted octanol–water partition coefficient (Wildman–Crippen LogP) is 6.83. The summed E-state index contributed by atoms with van der Waals surface area (Å²) in [5.74, 6) is 3.55. The largest absolute Gasteiger partial charge is 0.379 e. The highest BCUT2D eigenvalue weighted by atomic mass is 16.5. The normalized spacial score (nSPS) is 21.3. The van der Waals surface area contributed by atoms with Gasteiger partial charge in [-0.15, -0.1) is 0 Å². The van der Waals surface area contributed by atoms with E-state index in [1.165, 1.54) is 45.2 Å². The Balaban J connectivity index is 0.000000471. The van der Waals surface area contributed by atoms with Gasteiger partial charge in [-0.05, 0) is 74.8 Å². The highest BCUT2D eigenvalue weighted by Gasteiger charge is 2.24. The van der Waals surface area contributed by atoms with E-state index in [2.05, 4.69) is 51.3 Å². The molecular formula is C29H62N2O2. The zero-order chi connectivity index (χ0) is 27.6. The molecule has 0 amide bonds. The first kappa shape index (κ1) is 27.4. The molecule has 4 heteroatoms. The van der Waals surface area contributed by atoms with Crippen molar-refractivity contribution in [3.05, 3.63) is 0 Å². The van der Waals surface area contributed by atoms with Crippen LogP contribution in [-0.2, 0) is 9.47 Å². The summed E-state index contributed by atoms with van der Waals surface area (Å²) < 4.78 is 30.7. The molecule has 4 nitrogen and oxygen atoms in total. The van der Waals surface area contributed by atoms with Crippen LogP contribution in [0.4, 0.5) is 0 Å². The molecule has 0 atom stereocenters. The van der Waals surface area contributed by atoms with Crippen LogP contribution in [0.3, 0.4) is 0 Å². The molecule has 0 aromatic carbocycles. The molecule has 3 rings (SSSR count). The lowest BCUT2D eigenvalue weighted by molar-refractivity contribution is 0.0360. The minimum absolute atomic E-state index is 0.201. The van der Waals surface area contributed by atoms with Crippen molar-refractivity contribution in [2.24, 2.45) is 29.6 Å². The van der Waals surface area contributed by atoms with E-state index in [-0.39, 0.29) is 5.92 Å². The summed E-state index contributed by atoms with van der Waals surface area (Å²) in [6, 6.07) is 0. The van der Waals surface area contributed by atoms with Gasteiger partial charge in [0.1, 0.15) is 0 Å². The molecule has 0 unspecified atom stereocenters. The summed E-state index contributed by atoms with van der Waals surface area (Å²) in [4.78, 5) is 5.00. The summed E-state index contributed by atoms with van der Waals surface area (Å²) >= 11 is 0. The number of morpholine rings is 2. The van der Waals surface area contributed by atoms with Crippen LogP contribution < -0.4 is 0 Å². The fourth-order valence-electron chi connectivity index (χ4n) is 3.58. The van der Waals surface area contributed by atoms with Crippen molar-refractivity contribution in [3.63, 3.8) is 0 Å². The smallest absolute Gasteiger partial charge is 0.0594 e. The average Bonchev–Trinajstić information content (AvgIpc) is 3.65. The van der Waals surface area contributed by atoms with E-state index in [4.69, 9.17) is 13.6 Å². The van der Waals surface area contributed by atoms with Crippen molar-refractivity contribution in [2.75, 3.05) is 65.7 Å². The zero-order valence-corrected chi connectivity index (χ0v) is 23.7. The molecule has 2 aliphatic heterocycles. The van der Waals surface area contributed by atoms with Crippen LogP contribution in [0.2, 0.25) is 0 Å². The van der Waals surface area contributed by atoms with E-state index in [1.54, 1.807) is 13.8 Å². The van der Waals surface area contributed by atoms with Gasteiger partial charge in [-0.2, -0.15) is 0 Å². The Morgan fingerprint density at radius 2 is 1.12 bits per heavy atom. The molecule has 3 aliphatic rings. The first-order valence-corrected chi connectivity index (χ1v) is 13.9. The van der Waals surface area contributed by atoms with Crippen LogP contribution in [0.25, 0.3) is 0 Å². The number of hydrogen-bond acceptors (Lipinski definition) is 4. The topological polar surface area (TPSA) is 24.9 Å². The maximum absolute atomic E-state index is 6.72. The summed E-state index contributed by atoms with van der Waals surface area (Å²) in [5, 5.41) is 0. The van der Waals surface area contributed by atoms with Gasteiger partial charge in [0.25, 0.3) is 0 Å². The first-order valence-electron chi connectivity index (χ1n) is 15.4. The molecule has 0 bridgehead atoms. The number of ether oxygens (including phenoxy) is 2. The van der Waals surface area contributed by atoms with Gasteiger partial charge in [0.15, 0.2) is 0 Å². The Labute approximate surface area is 213 Å². The average molecular weight is 474 g/mol. The Hall–Kier alpha value is -0.160. The van der Waals surface area contributed by atoms with Gasteiger partial charge in [-0.3, -0.25) is 9.80 Å². The third-order valence-corrected chi connectivity index (χ3v) is 6.05. The van der Waals surface area contributed by atoms with Crippen LogP contribution in [-0.4, -0.2) is 75.5 Å². The Kier molecular flexibility index (Phi) is 17.6. The second-order valence-electron chi connectivity index (χ2n) is 11.4. The molecule has 0 N–H and O–H groups in total. The SMILES string of the molecule is CC(C)C1CC1.CC(C)CCCN1CCOCC1.CC(C)CCN1CCOCC1.[2H]C([2H])([2H])C(C)C. The first-order chi connectivity index (χ1) is 16.8. The van der Waals surface area contributed by atoms with Crippen LogP contribution >= 0.6 is 0 Å². The standard InChI is InChI=1S/C10H21NO.C9H19NO.C6H12.C4H10/c1-10(2)4-3-5-11-6-8-12-9-7-11;1-9(2)3-4-10-5-7-11-8-6-10;1-5(2)6-3-4-6;1-4(2)3/h10H,3-9H2,1-2H3;9H,3-8H2,1-2H3;5-6H,3-4H2,1-2H3;4H,1-3H3/i;;;1D3. The van der Waals surface area contributed by atoms with E-state index >= 15 is 0 Å². The second kappa shape index (κ2) is 21.1. The van der Waals surface area contributed by atoms with Gasteiger partial charge in [0.05, 0.1) is 26.4 Å². The monoisotopic (exact) mass is 473 g/mol. The molecule has 0 aromatic heterocycles. The molecule has 33 heavy (non-hydrogen) atoms. The van der Waals surface area contributed by atoms with Gasteiger partial charge in [-0.25, -0.2) is 0 Å². The predicted molar refractivity (Wildman–Crippen MR) is 146 cm³/mol. The van der Waals surface area contributed by atoms with Crippen LogP contribution in [0, 0.1) is 29.6 Å². The minimum Gasteiger partial charge on any atom is -0.379 e. The molecule has 3 fully saturated rings. The number of rotatable bonds is 8. The highest BCUT2D eigenvalue weighted by molar-refractivity contribution is 4.75. The molecule has 0 radical (unpaired) electrons. The molecule has 2 heterocycles. The van der Waals surface area contributed by atoms with Crippen molar-refractivity contribution >= 4 is 0 Å². The number of nitrogens with zero attached hydrogens (tertiary/aromatic N) is 2. The Morgan fingerprint density at radius 1 is 0.697 bits per heavy atom. The maximum atomic E-state index is 6.72. The highest BCUT2D eigenvalue weighted by Crippen LogP contribution is 2.35. The van der Waals surface area contributed by atoms with E-state index in [9.17, 15) is 0 Å². The maximum Gasteiger partial charge on any atom is 0.0594 e. The molecule has 1 saturated carbocycles. The molecule has 0 spiro atoms. The minimum atomic E-state index is -1.75. The third kappa shape index (κ3) is 24.8. The van der Waals surface area contributed by atoms with E-state index in [1.807, 2.05) is 0 Å². The van der Waals surface area contributed by atoms with E-state index in [0.29, 0.717) is 0 Å². The van der Waals surface area contributed by atoms with Crippen molar-refractivity contribution < 1.29 is 13.6 Å². The molecular weight excluding hydrogens is 408 g/mol. The van der Waals surface area contributed by atoms with Gasteiger partial charge in [0, 0.05) is 30.3 Å². The van der Waals surface area contributed by atoms with E-state index in [0.717, 1.165) is 76.3 Å². The lowest BCUT2D eigenvalue weighted by atomic mass is 10.1. The second-order valence-corrected chi connectivity index (χ2v) is 11.4. The quantitative estimate of drug-likeness (QED) is 0.385. The Bertz CT molecular complexity index is 483. The fourth-order valence-corrected chi connectivity index (χ4v) is 3.58. The van der Waals surface area contributed by atoms with Gasteiger partial charge < -0.3 is 9.47 Å². The molecule has 2 saturated heterocycles. The van der Waals surface area contributed by atoms with Gasteiger partial charge >= 0.3 is 0 Å². The van der Waals surface area contributed by atoms with Crippen LogP contribution in [0.15, 0.2) is 0 Å². The van der Waals surface area contributed by atoms with Crippen molar-refractivity contribution in [3.8, 4) is 0 Å². The van der Waals surface area contributed by atoms with Crippen molar-refractivity contribution in [2.45, 2.75) is 94.3 Å². The summed E-state index contributed by atoms with van der Waals surface area (Å²) in [5.41, 5.74) is 0. The lowest BCUT2D eigenvalue weighted by Gasteiger charge is -2.26. The van der Waals surface area contributed by atoms with Gasteiger partial charge in [0.2, 0.25) is 0 Å². The fraction of sp³-hybridized carbons (Fsp3) is 1.00. The van der Waals surface area contributed by atoms with E-state index < -0.39 is 6.85 Å². The third-order valence-electron chi connectivity index (χ3n) is 6.05. The summed E-state index contributed by atoms with van der Waals surface area (Å²) in [6.45, 7) is 26.1. The molecule has 1 aliphatic carbocycles.